The highest BCUT2D eigenvalue weighted by molar-refractivity contribution is 6.00. The van der Waals surface area contributed by atoms with Gasteiger partial charge >= 0.3 is 0 Å². The van der Waals surface area contributed by atoms with Gasteiger partial charge in [-0.3, -0.25) is 4.98 Å². The van der Waals surface area contributed by atoms with Crippen LogP contribution in [0.15, 0.2) is 30.6 Å². The van der Waals surface area contributed by atoms with Crippen LogP contribution in [0.5, 0.6) is 0 Å². The van der Waals surface area contributed by atoms with Crippen LogP contribution in [-0.4, -0.2) is 18.1 Å². The zero-order valence-electron chi connectivity index (χ0n) is 12.6. The van der Waals surface area contributed by atoms with Crippen molar-refractivity contribution in [2.75, 3.05) is 23.7 Å². The molecule has 108 valence electrons. The number of nitrogen functional groups attached to an aromatic ring is 1. The van der Waals surface area contributed by atoms with Gasteiger partial charge in [0.05, 0.1) is 0 Å². The third-order valence-electron chi connectivity index (χ3n) is 3.73. The van der Waals surface area contributed by atoms with Gasteiger partial charge in [-0.15, -0.1) is 0 Å². The van der Waals surface area contributed by atoms with E-state index in [0.717, 1.165) is 24.2 Å². The third kappa shape index (κ3) is 3.21. The van der Waals surface area contributed by atoms with Crippen LogP contribution in [0.4, 0.5) is 11.4 Å². The molecule has 0 amide bonds. The molecule has 0 atom stereocenters. The van der Waals surface area contributed by atoms with E-state index in [1.165, 1.54) is 36.8 Å². The van der Waals surface area contributed by atoms with E-state index in [1.807, 2.05) is 24.5 Å². The summed E-state index contributed by atoms with van der Waals surface area (Å²) in [6, 6.07) is 6.17. The van der Waals surface area contributed by atoms with Crippen LogP contribution in [0.1, 0.15) is 39.5 Å². The molecule has 0 saturated carbocycles. The van der Waals surface area contributed by atoms with E-state index in [2.05, 4.69) is 29.8 Å². The SMILES string of the molecule is CCCCN(CCCC)c1ccc(N)c2ccncc12. The first-order chi connectivity index (χ1) is 9.77. The van der Waals surface area contributed by atoms with Crippen LogP contribution in [-0.2, 0) is 0 Å². The van der Waals surface area contributed by atoms with Crippen molar-refractivity contribution < 1.29 is 0 Å². The highest BCUT2D eigenvalue weighted by Gasteiger charge is 2.11. The van der Waals surface area contributed by atoms with Crippen molar-refractivity contribution in [3.05, 3.63) is 30.6 Å². The molecule has 2 aromatic rings. The lowest BCUT2D eigenvalue weighted by Crippen LogP contribution is -2.25. The zero-order valence-corrected chi connectivity index (χ0v) is 12.6. The molecule has 0 unspecified atom stereocenters. The van der Waals surface area contributed by atoms with Crippen molar-refractivity contribution in [1.29, 1.82) is 0 Å². The van der Waals surface area contributed by atoms with E-state index in [0.29, 0.717) is 0 Å². The average molecular weight is 271 g/mol. The summed E-state index contributed by atoms with van der Waals surface area (Å²) < 4.78 is 0. The molecule has 2 N–H and O–H groups in total. The van der Waals surface area contributed by atoms with Gasteiger partial charge in [0.15, 0.2) is 0 Å². The van der Waals surface area contributed by atoms with Gasteiger partial charge < -0.3 is 10.6 Å². The summed E-state index contributed by atoms with van der Waals surface area (Å²) in [7, 11) is 0. The molecule has 1 aromatic heterocycles. The minimum absolute atomic E-state index is 0.831. The summed E-state index contributed by atoms with van der Waals surface area (Å²) >= 11 is 0. The molecule has 0 saturated heterocycles. The van der Waals surface area contributed by atoms with Crippen LogP contribution < -0.4 is 10.6 Å². The maximum Gasteiger partial charge on any atom is 0.0463 e. The van der Waals surface area contributed by atoms with Gasteiger partial charge in [-0.1, -0.05) is 26.7 Å². The van der Waals surface area contributed by atoms with E-state index in [1.54, 1.807) is 0 Å². The number of nitrogens with zero attached hydrogens (tertiary/aromatic N) is 2. The van der Waals surface area contributed by atoms with Crippen molar-refractivity contribution in [2.24, 2.45) is 0 Å². The molecule has 20 heavy (non-hydrogen) atoms. The maximum absolute atomic E-state index is 6.08. The van der Waals surface area contributed by atoms with Crippen LogP contribution in [0.2, 0.25) is 0 Å². The van der Waals surface area contributed by atoms with Crippen molar-refractivity contribution in [3.8, 4) is 0 Å². The molecule has 0 spiro atoms. The highest BCUT2D eigenvalue weighted by atomic mass is 15.1. The number of fused-ring (bicyclic) bond motifs is 1. The molecular weight excluding hydrogens is 246 g/mol. The largest absolute Gasteiger partial charge is 0.398 e. The van der Waals surface area contributed by atoms with Gasteiger partial charge in [0, 0.05) is 47.6 Å². The topological polar surface area (TPSA) is 42.1 Å². The molecule has 0 bridgehead atoms. The van der Waals surface area contributed by atoms with Crippen molar-refractivity contribution in [1.82, 2.24) is 4.98 Å². The lowest BCUT2D eigenvalue weighted by atomic mass is 10.1. The predicted molar refractivity (Wildman–Crippen MR) is 88.2 cm³/mol. The van der Waals surface area contributed by atoms with Gasteiger partial charge in [-0.2, -0.15) is 0 Å². The van der Waals surface area contributed by atoms with Crippen LogP contribution in [0.3, 0.4) is 0 Å². The first-order valence-corrected chi connectivity index (χ1v) is 7.65. The van der Waals surface area contributed by atoms with Crippen molar-refractivity contribution >= 4 is 22.1 Å². The summed E-state index contributed by atoms with van der Waals surface area (Å²) in [6.45, 7) is 6.68. The minimum atomic E-state index is 0.831. The smallest absolute Gasteiger partial charge is 0.0463 e. The van der Waals surface area contributed by atoms with E-state index >= 15 is 0 Å². The molecule has 0 aliphatic heterocycles. The second-order valence-electron chi connectivity index (χ2n) is 5.29. The number of aromatic nitrogens is 1. The Balaban J connectivity index is 2.38. The third-order valence-corrected chi connectivity index (χ3v) is 3.73. The first-order valence-electron chi connectivity index (χ1n) is 7.65. The summed E-state index contributed by atoms with van der Waals surface area (Å²) in [5.41, 5.74) is 8.18. The fraction of sp³-hybridized carbons (Fsp3) is 0.471. The molecule has 0 radical (unpaired) electrons. The van der Waals surface area contributed by atoms with E-state index in [4.69, 9.17) is 5.73 Å². The monoisotopic (exact) mass is 271 g/mol. The standard InChI is InChI=1S/C17H25N3/c1-3-5-11-20(12-6-4-2)17-8-7-16(18)14-9-10-19-13-15(14)17/h7-10,13H,3-6,11-12,18H2,1-2H3. The predicted octanol–water partition coefficient (Wildman–Crippen LogP) is 4.22. The molecule has 0 aliphatic rings. The first kappa shape index (κ1) is 14.6. The number of hydrogen-bond acceptors (Lipinski definition) is 3. The van der Waals surface area contributed by atoms with Crippen molar-refractivity contribution in [2.45, 2.75) is 39.5 Å². The maximum atomic E-state index is 6.08. The second kappa shape index (κ2) is 7.13. The van der Waals surface area contributed by atoms with E-state index in [-0.39, 0.29) is 0 Å². The lowest BCUT2D eigenvalue weighted by Gasteiger charge is -2.26. The molecule has 2 rings (SSSR count). The van der Waals surface area contributed by atoms with Gasteiger partial charge in [-0.05, 0) is 31.0 Å². The molecule has 0 aliphatic carbocycles. The summed E-state index contributed by atoms with van der Waals surface area (Å²) in [5, 5.41) is 2.27. The number of unbranched alkanes of at least 4 members (excludes halogenated alkanes) is 2. The molecule has 3 nitrogen and oxygen atoms in total. The van der Waals surface area contributed by atoms with Crippen LogP contribution >= 0.6 is 0 Å². The number of anilines is 2. The Morgan fingerprint density at radius 3 is 2.35 bits per heavy atom. The molecule has 1 aromatic carbocycles. The molecule has 0 fully saturated rings. The summed E-state index contributed by atoms with van der Waals surface area (Å²) in [6.07, 6.45) is 8.62. The highest BCUT2D eigenvalue weighted by Crippen LogP contribution is 2.30. The van der Waals surface area contributed by atoms with Gasteiger partial charge in [-0.25, -0.2) is 0 Å². The number of hydrogen-bond donors (Lipinski definition) is 1. The Kier molecular flexibility index (Phi) is 5.22. The van der Waals surface area contributed by atoms with Gasteiger partial charge in [0.1, 0.15) is 0 Å². The Labute approximate surface area is 121 Å². The quantitative estimate of drug-likeness (QED) is 0.766. The second-order valence-corrected chi connectivity index (χ2v) is 5.29. The Morgan fingerprint density at radius 1 is 1.00 bits per heavy atom. The zero-order chi connectivity index (χ0) is 14.4. The van der Waals surface area contributed by atoms with Crippen LogP contribution in [0.25, 0.3) is 10.8 Å². The number of rotatable bonds is 7. The number of nitrogens with two attached hydrogens (primary N) is 1. The van der Waals surface area contributed by atoms with Crippen molar-refractivity contribution in [3.63, 3.8) is 0 Å². The number of pyridine rings is 1. The number of benzene rings is 1. The fourth-order valence-electron chi connectivity index (χ4n) is 2.52. The summed E-state index contributed by atoms with van der Waals surface area (Å²) in [4.78, 5) is 6.76. The van der Waals surface area contributed by atoms with E-state index < -0.39 is 0 Å². The molecule has 3 heteroatoms. The van der Waals surface area contributed by atoms with Crippen LogP contribution in [0, 0.1) is 0 Å². The molecule has 1 heterocycles. The Morgan fingerprint density at radius 2 is 1.70 bits per heavy atom. The average Bonchev–Trinajstić information content (AvgIpc) is 2.49. The van der Waals surface area contributed by atoms with Gasteiger partial charge in [0.2, 0.25) is 0 Å². The van der Waals surface area contributed by atoms with Gasteiger partial charge in [0.25, 0.3) is 0 Å². The normalized spacial score (nSPS) is 10.9. The Bertz CT molecular complexity index is 543. The fourth-order valence-corrected chi connectivity index (χ4v) is 2.52. The lowest BCUT2D eigenvalue weighted by molar-refractivity contribution is 0.679. The Hall–Kier alpha value is -1.77. The van der Waals surface area contributed by atoms with E-state index in [9.17, 15) is 0 Å². The molecular formula is C17H25N3. The minimum Gasteiger partial charge on any atom is -0.398 e. The summed E-state index contributed by atoms with van der Waals surface area (Å²) in [5.74, 6) is 0.